The van der Waals surface area contributed by atoms with Crippen LogP contribution in [0, 0.1) is 5.82 Å². The van der Waals surface area contributed by atoms with Crippen molar-refractivity contribution in [1.29, 1.82) is 0 Å². The van der Waals surface area contributed by atoms with Crippen LogP contribution in [0.15, 0.2) is 18.2 Å². The third-order valence-corrected chi connectivity index (χ3v) is 2.99. The van der Waals surface area contributed by atoms with Crippen LogP contribution in [0.25, 0.3) is 0 Å². The number of nitrogens with one attached hydrogen (secondary N) is 1. The summed E-state index contributed by atoms with van der Waals surface area (Å²) in [5.74, 6) is -0.197. The highest BCUT2D eigenvalue weighted by atomic mass is 35.5. The Hall–Kier alpha value is -0.310. The Balaban J connectivity index is 0.00000112. The zero-order valence-corrected chi connectivity index (χ0v) is 9.87. The predicted octanol–water partition coefficient (Wildman–Crippen LogP) is 3.72. The molecule has 1 aromatic rings. The van der Waals surface area contributed by atoms with E-state index in [1.54, 1.807) is 12.1 Å². The van der Waals surface area contributed by atoms with E-state index in [9.17, 15) is 4.39 Å². The average molecular weight is 250 g/mol. The minimum Gasteiger partial charge on any atom is -0.310 e. The molecule has 4 heteroatoms. The van der Waals surface area contributed by atoms with E-state index in [4.69, 9.17) is 11.6 Å². The van der Waals surface area contributed by atoms with E-state index >= 15 is 0 Å². The van der Waals surface area contributed by atoms with Crippen LogP contribution in [0.2, 0.25) is 5.02 Å². The van der Waals surface area contributed by atoms with E-state index in [1.807, 2.05) is 0 Å². The van der Waals surface area contributed by atoms with Gasteiger partial charge in [-0.1, -0.05) is 24.1 Å². The second-order valence-electron chi connectivity index (χ2n) is 3.64. The van der Waals surface area contributed by atoms with Gasteiger partial charge in [0, 0.05) is 16.6 Å². The molecule has 0 spiro atoms. The van der Waals surface area contributed by atoms with E-state index in [0.29, 0.717) is 10.6 Å². The first-order valence-corrected chi connectivity index (χ1v) is 5.34. The van der Waals surface area contributed by atoms with Gasteiger partial charge in [-0.3, -0.25) is 0 Å². The summed E-state index contributed by atoms with van der Waals surface area (Å²) >= 11 is 5.98. The van der Waals surface area contributed by atoms with Crippen LogP contribution in [0.1, 0.15) is 30.9 Å². The molecule has 1 aromatic carbocycles. The van der Waals surface area contributed by atoms with Crippen molar-refractivity contribution in [2.75, 3.05) is 6.54 Å². The van der Waals surface area contributed by atoms with Gasteiger partial charge in [0.1, 0.15) is 5.82 Å². The molecule has 0 bridgehead atoms. The first-order valence-electron chi connectivity index (χ1n) is 4.96. The van der Waals surface area contributed by atoms with Gasteiger partial charge in [0.25, 0.3) is 0 Å². The summed E-state index contributed by atoms with van der Waals surface area (Å²) in [6.45, 7) is 0.954. The van der Waals surface area contributed by atoms with Gasteiger partial charge in [0.15, 0.2) is 0 Å². The van der Waals surface area contributed by atoms with Crippen molar-refractivity contribution in [1.82, 2.24) is 5.32 Å². The van der Waals surface area contributed by atoms with Gasteiger partial charge < -0.3 is 5.32 Å². The fraction of sp³-hybridized carbons (Fsp3) is 0.455. The van der Waals surface area contributed by atoms with Crippen molar-refractivity contribution in [2.24, 2.45) is 0 Å². The lowest BCUT2D eigenvalue weighted by molar-refractivity contribution is 0.400. The van der Waals surface area contributed by atoms with Crippen LogP contribution in [0.4, 0.5) is 4.39 Å². The van der Waals surface area contributed by atoms with Gasteiger partial charge in [0.2, 0.25) is 0 Å². The third kappa shape index (κ3) is 2.83. The number of halogens is 3. The van der Waals surface area contributed by atoms with Gasteiger partial charge in [-0.2, -0.15) is 0 Å². The molecule has 0 saturated carbocycles. The molecule has 1 heterocycles. The molecule has 0 amide bonds. The number of hydrogen-bond acceptors (Lipinski definition) is 1. The largest absolute Gasteiger partial charge is 0.310 e. The minimum atomic E-state index is -0.197. The Morgan fingerprint density at radius 1 is 1.33 bits per heavy atom. The summed E-state index contributed by atoms with van der Waals surface area (Å²) in [5.41, 5.74) is 0.633. The number of hydrogen-bond donors (Lipinski definition) is 1. The van der Waals surface area contributed by atoms with Crippen LogP contribution >= 0.6 is 24.0 Å². The van der Waals surface area contributed by atoms with Gasteiger partial charge in [-0.15, -0.1) is 12.4 Å². The summed E-state index contributed by atoms with van der Waals surface area (Å²) in [6.07, 6.45) is 3.28. The van der Waals surface area contributed by atoms with Crippen molar-refractivity contribution in [2.45, 2.75) is 25.3 Å². The summed E-state index contributed by atoms with van der Waals surface area (Å²) in [6, 6.07) is 4.95. The molecular formula is C11H14Cl2FN. The molecule has 1 aliphatic rings. The molecule has 15 heavy (non-hydrogen) atoms. The lowest BCUT2D eigenvalue weighted by atomic mass is 9.97. The molecule has 1 atom stereocenters. The van der Waals surface area contributed by atoms with Crippen molar-refractivity contribution in [3.05, 3.63) is 34.6 Å². The van der Waals surface area contributed by atoms with E-state index in [0.717, 1.165) is 19.4 Å². The number of rotatable bonds is 1. The summed E-state index contributed by atoms with van der Waals surface area (Å²) in [7, 11) is 0. The Morgan fingerprint density at radius 2 is 2.13 bits per heavy atom. The third-order valence-electron chi connectivity index (χ3n) is 2.66. The number of piperidine rings is 1. The maximum absolute atomic E-state index is 13.5. The van der Waals surface area contributed by atoms with Crippen molar-refractivity contribution >= 4 is 24.0 Å². The molecular weight excluding hydrogens is 236 g/mol. The quantitative estimate of drug-likeness (QED) is 0.801. The fourth-order valence-electron chi connectivity index (χ4n) is 1.94. The van der Waals surface area contributed by atoms with E-state index in [1.165, 1.54) is 12.5 Å². The molecule has 84 valence electrons. The SMILES string of the molecule is Cl.Fc1cccc(Cl)c1[C@H]1CCCCN1. The Labute approximate surface area is 100 Å². The highest BCUT2D eigenvalue weighted by Gasteiger charge is 2.20. The first-order chi connectivity index (χ1) is 6.79. The molecule has 0 unspecified atom stereocenters. The molecule has 1 nitrogen and oxygen atoms in total. The molecule has 1 saturated heterocycles. The zero-order chi connectivity index (χ0) is 9.97. The highest BCUT2D eigenvalue weighted by Crippen LogP contribution is 2.30. The predicted molar refractivity (Wildman–Crippen MR) is 63.3 cm³/mol. The molecule has 0 aliphatic carbocycles. The normalized spacial score (nSPS) is 20.8. The van der Waals surface area contributed by atoms with Gasteiger partial charge in [0.05, 0.1) is 0 Å². The molecule has 1 aliphatic heterocycles. The smallest absolute Gasteiger partial charge is 0.129 e. The zero-order valence-electron chi connectivity index (χ0n) is 8.30. The average Bonchev–Trinajstić information content (AvgIpc) is 2.19. The van der Waals surface area contributed by atoms with Crippen molar-refractivity contribution < 1.29 is 4.39 Å². The van der Waals surface area contributed by atoms with Crippen LogP contribution in [0.5, 0.6) is 0 Å². The minimum absolute atomic E-state index is 0. The Kier molecular flexibility index (Phi) is 4.84. The lowest BCUT2D eigenvalue weighted by Gasteiger charge is -2.24. The van der Waals surface area contributed by atoms with Gasteiger partial charge in [-0.25, -0.2) is 4.39 Å². The molecule has 2 rings (SSSR count). The van der Waals surface area contributed by atoms with E-state index < -0.39 is 0 Å². The second-order valence-corrected chi connectivity index (χ2v) is 4.05. The first kappa shape index (κ1) is 12.8. The second kappa shape index (κ2) is 5.69. The fourth-order valence-corrected chi connectivity index (χ4v) is 2.24. The molecule has 1 fully saturated rings. The topological polar surface area (TPSA) is 12.0 Å². The van der Waals surface area contributed by atoms with Gasteiger partial charge in [-0.05, 0) is 31.5 Å². The van der Waals surface area contributed by atoms with Crippen molar-refractivity contribution in [3.8, 4) is 0 Å². The highest BCUT2D eigenvalue weighted by molar-refractivity contribution is 6.31. The summed E-state index contributed by atoms with van der Waals surface area (Å²) < 4.78 is 13.5. The maximum Gasteiger partial charge on any atom is 0.129 e. The lowest BCUT2D eigenvalue weighted by Crippen LogP contribution is -2.27. The van der Waals surface area contributed by atoms with Gasteiger partial charge >= 0.3 is 0 Å². The van der Waals surface area contributed by atoms with E-state index in [-0.39, 0.29) is 24.3 Å². The van der Waals surface area contributed by atoms with Crippen molar-refractivity contribution in [3.63, 3.8) is 0 Å². The monoisotopic (exact) mass is 249 g/mol. The van der Waals surface area contributed by atoms with Crippen LogP contribution in [-0.2, 0) is 0 Å². The standard InChI is InChI=1S/C11H13ClFN.ClH/c12-8-4-3-5-9(13)11(8)10-6-1-2-7-14-10;/h3-5,10,14H,1-2,6-7H2;1H/t10-;/m1./s1. The van der Waals surface area contributed by atoms with Crippen LogP contribution in [-0.4, -0.2) is 6.54 Å². The molecule has 1 N–H and O–H groups in total. The maximum atomic E-state index is 13.5. The molecule has 0 radical (unpaired) electrons. The van der Waals surface area contributed by atoms with Crippen LogP contribution in [0.3, 0.4) is 0 Å². The van der Waals surface area contributed by atoms with E-state index in [2.05, 4.69) is 5.32 Å². The Morgan fingerprint density at radius 3 is 2.73 bits per heavy atom. The number of benzene rings is 1. The Bertz CT molecular complexity index is 304. The summed E-state index contributed by atoms with van der Waals surface area (Å²) in [5, 5.41) is 3.82. The summed E-state index contributed by atoms with van der Waals surface area (Å²) in [4.78, 5) is 0. The van der Waals surface area contributed by atoms with Crippen LogP contribution < -0.4 is 5.32 Å². The molecule has 0 aromatic heterocycles.